The van der Waals surface area contributed by atoms with E-state index in [0.717, 1.165) is 15.3 Å². The van der Waals surface area contributed by atoms with Crippen molar-refractivity contribution in [1.29, 1.82) is 0 Å². The smallest absolute Gasteiger partial charge is 0.252 e. The van der Waals surface area contributed by atoms with Crippen LogP contribution in [0.3, 0.4) is 0 Å². The molecule has 0 aliphatic carbocycles. The Bertz CT molecular complexity index is 1130. The third-order valence-corrected chi connectivity index (χ3v) is 9.69. The fraction of sp³-hybridized carbons (Fsp3) is 0.261. The van der Waals surface area contributed by atoms with Crippen LogP contribution in [-0.4, -0.2) is 44.9 Å². The molecular formula is C23H24N2O4S3. The van der Waals surface area contributed by atoms with E-state index in [-0.39, 0.29) is 12.5 Å². The maximum atomic E-state index is 13.1. The minimum absolute atomic E-state index is 0.115. The lowest BCUT2D eigenvalue weighted by atomic mass is 10.1. The predicted molar refractivity (Wildman–Crippen MR) is 127 cm³/mol. The largest absolute Gasteiger partial charge is 0.379 e. The lowest BCUT2D eigenvalue weighted by Gasteiger charge is -2.25. The molecule has 2 aromatic carbocycles. The van der Waals surface area contributed by atoms with Gasteiger partial charge in [0.2, 0.25) is 5.91 Å². The molecular weight excluding hydrogens is 464 g/mol. The number of hydrogen-bond donors (Lipinski definition) is 1. The van der Waals surface area contributed by atoms with Gasteiger partial charge in [-0.15, -0.1) is 23.1 Å². The van der Waals surface area contributed by atoms with Crippen LogP contribution in [0.5, 0.6) is 0 Å². The fourth-order valence-corrected chi connectivity index (χ4v) is 7.24. The number of hydrogen-bond acceptors (Lipinski definition) is 6. The maximum Gasteiger partial charge on any atom is 0.252 e. The summed E-state index contributed by atoms with van der Waals surface area (Å²) in [5.41, 5.74) is 0.917. The van der Waals surface area contributed by atoms with Gasteiger partial charge in [-0.3, -0.25) is 4.79 Å². The molecule has 1 saturated heterocycles. The SMILES string of the molecule is O=C(NCc1ccc(S(=O)(=O)N2CCOCC2)s1)[C@@H](Sc1ccccc1)c1ccccc1. The van der Waals surface area contributed by atoms with E-state index in [1.165, 1.54) is 27.4 Å². The summed E-state index contributed by atoms with van der Waals surface area (Å²) in [7, 11) is -3.52. The number of carbonyl (C=O) groups excluding carboxylic acids is 1. The van der Waals surface area contributed by atoms with E-state index in [0.29, 0.717) is 30.5 Å². The highest BCUT2D eigenvalue weighted by Gasteiger charge is 2.28. The van der Waals surface area contributed by atoms with Gasteiger partial charge < -0.3 is 10.1 Å². The van der Waals surface area contributed by atoms with Gasteiger partial charge in [0.15, 0.2) is 0 Å². The molecule has 1 atom stereocenters. The summed E-state index contributed by atoms with van der Waals surface area (Å²) < 4.78 is 32.6. The third-order valence-electron chi connectivity index (χ3n) is 4.98. The molecule has 3 aromatic rings. The first-order valence-corrected chi connectivity index (χ1v) is 13.4. The van der Waals surface area contributed by atoms with Gasteiger partial charge in [-0.05, 0) is 29.8 Å². The zero-order valence-corrected chi connectivity index (χ0v) is 19.8. The monoisotopic (exact) mass is 488 g/mol. The molecule has 1 aliphatic heterocycles. The van der Waals surface area contributed by atoms with Crippen LogP contribution in [0.2, 0.25) is 0 Å². The summed E-state index contributed by atoms with van der Waals surface area (Å²) in [4.78, 5) is 14.9. The predicted octanol–water partition coefficient (Wildman–Crippen LogP) is 3.92. The number of thiophene rings is 1. The van der Waals surface area contributed by atoms with Gasteiger partial charge in [-0.1, -0.05) is 48.5 Å². The highest BCUT2D eigenvalue weighted by atomic mass is 32.2. The Labute approximate surface area is 196 Å². The van der Waals surface area contributed by atoms with Crippen LogP contribution in [0.15, 0.2) is 81.9 Å². The van der Waals surface area contributed by atoms with Crippen LogP contribution < -0.4 is 5.32 Å². The Morgan fingerprint density at radius 1 is 1.00 bits per heavy atom. The van der Waals surface area contributed by atoms with Gasteiger partial charge in [0, 0.05) is 22.9 Å². The van der Waals surface area contributed by atoms with E-state index in [1.54, 1.807) is 12.1 Å². The van der Waals surface area contributed by atoms with Crippen molar-refractivity contribution in [3.63, 3.8) is 0 Å². The molecule has 168 valence electrons. The first kappa shape index (κ1) is 23.0. The van der Waals surface area contributed by atoms with Crippen LogP contribution in [-0.2, 0) is 26.1 Å². The number of amides is 1. The second-order valence-electron chi connectivity index (χ2n) is 7.18. The van der Waals surface area contributed by atoms with Crippen LogP contribution in [0.25, 0.3) is 0 Å². The molecule has 1 aromatic heterocycles. The van der Waals surface area contributed by atoms with E-state index in [1.807, 2.05) is 60.7 Å². The summed E-state index contributed by atoms with van der Waals surface area (Å²) in [6.07, 6.45) is 0. The summed E-state index contributed by atoms with van der Waals surface area (Å²) in [5.74, 6) is -0.115. The highest BCUT2D eigenvalue weighted by Crippen LogP contribution is 2.35. The van der Waals surface area contributed by atoms with Crippen molar-refractivity contribution in [2.24, 2.45) is 0 Å². The van der Waals surface area contributed by atoms with Gasteiger partial charge in [0.1, 0.15) is 9.46 Å². The molecule has 0 saturated carbocycles. The molecule has 9 heteroatoms. The standard InChI is InChI=1S/C23H24N2O4S3/c26-23(22(18-7-3-1-4-8-18)31-19-9-5-2-6-10-19)24-17-20-11-12-21(30-20)32(27,28)25-13-15-29-16-14-25/h1-12,22H,13-17H2,(H,24,26)/t22-/m0/s1. The molecule has 0 radical (unpaired) electrons. The average Bonchev–Trinajstić information content (AvgIpc) is 3.33. The van der Waals surface area contributed by atoms with Crippen LogP contribution in [0.4, 0.5) is 0 Å². The van der Waals surface area contributed by atoms with Crippen molar-refractivity contribution >= 4 is 39.0 Å². The number of carbonyl (C=O) groups is 1. The Morgan fingerprint density at radius 2 is 1.66 bits per heavy atom. The number of thioether (sulfide) groups is 1. The van der Waals surface area contributed by atoms with Crippen molar-refractivity contribution in [1.82, 2.24) is 9.62 Å². The quantitative estimate of drug-likeness (QED) is 0.487. The Kier molecular flexibility index (Phi) is 7.64. The Balaban J connectivity index is 1.44. The van der Waals surface area contributed by atoms with Crippen LogP contribution >= 0.6 is 23.1 Å². The summed E-state index contributed by atoms with van der Waals surface area (Å²) in [6.45, 7) is 1.82. The lowest BCUT2D eigenvalue weighted by molar-refractivity contribution is -0.120. The Hall–Kier alpha value is -2.17. The van der Waals surface area contributed by atoms with E-state index >= 15 is 0 Å². The molecule has 1 fully saturated rings. The third kappa shape index (κ3) is 5.60. The normalized spacial score (nSPS) is 15.9. The van der Waals surface area contributed by atoms with E-state index in [9.17, 15) is 13.2 Å². The highest BCUT2D eigenvalue weighted by molar-refractivity contribution is 8.00. The number of nitrogens with zero attached hydrogens (tertiary/aromatic N) is 1. The zero-order chi connectivity index (χ0) is 22.4. The number of morpholine rings is 1. The Morgan fingerprint density at radius 3 is 2.34 bits per heavy atom. The number of benzene rings is 2. The van der Waals surface area contributed by atoms with Crippen molar-refractivity contribution in [3.05, 3.63) is 83.2 Å². The van der Waals surface area contributed by atoms with E-state index in [4.69, 9.17) is 4.74 Å². The fourth-order valence-electron chi connectivity index (χ4n) is 3.31. The van der Waals surface area contributed by atoms with Gasteiger partial charge in [-0.2, -0.15) is 4.31 Å². The van der Waals surface area contributed by atoms with Gasteiger partial charge in [0.05, 0.1) is 19.8 Å². The van der Waals surface area contributed by atoms with Gasteiger partial charge >= 0.3 is 0 Å². The van der Waals surface area contributed by atoms with Crippen LogP contribution in [0.1, 0.15) is 15.7 Å². The minimum Gasteiger partial charge on any atom is -0.379 e. The van der Waals surface area contributed by atoms with Crippen molar-refractivity contribution in [2.75, 3.05) is 26.3 Å². The molecule has 0 unspecified atom stereocenters. The first-order valence-electron chi connectivity index (χ1n) is 10.2. The number of sulfonamides is 1. The van der Waals surface area contributed by atoms with Crippen molar-refractivity contribution < 1.29 is 17.9 Å². The van der Waals surface area contributed by atoms with Gasteiger partial charge in [0.25, 0.3) is 10.0 Å². The number of nitrogens with one attached hydrogen (secondary N) is 1. The lowest BCUT2D eigenvalue weighted by Crippen LogP contribution is -2.40. The minimum atomic E-state index is -3.52. The molecule has 32 heavy (non-hydrogen) atoms. The summed E-state index contributed by atoms with van der Waals surface area (Å²) in [5, 5.41) is 2.58. The molecule has 6 nitrogen and oxygen atoms in total. The molecule has 1 aliphatic rings. The van der Waals surface area contributed by atoms with E-state index in [2.05, 4.69) is 5.32 Å². The first-order chi connectivity index (χ1) is 15.5. The molecule has 1 amide bonds. The second-order valence-corrected chi connectivity index (χ2v) is 11.7. The second kappa shape index (κ2) is 10.6. The number of ether oxygens (including phenoxy) is 1. The maximum absolute atomic E-state index is 13.1. The molecule has 0 bridgehead atoms. The molecule has 4 rings (SSSR count). The topological polar surface area (TPSA) is 75.7 Å². The van der Waals surface area contributed by atoms with Gasteiger partial charge in [-0.25, -0.2) is 8.42 Å². The van der Waals surface area contributed by atoms with Crippen molar-refractivity contribution in [2.45, 2.75) is 20.9 Å². The molecule has 1 N–H and O–H groups in total. The summed E-state index contributed by atoms with van der Waals surface area (Å²) in [6, 6.07) is 22.8. The zero-order valence-electron chi connectivity index (χ0n) is 17.3. The van der Waals surface area contributed by atoms with Crippen LogP contribution in [0, 0.1) is 0 Å². The molecule has 0 spiro atoms. The average molecular weight is 489 g/mol. The molecule has 2 heterocycles. The summed E-state index contributed by atoms with van der Waals surface area (Å²) >= 11 is 2.69. The van der Waals surface area contributed by atoms with E-state index < -0.39 is 15.3 Å². The number of rotatable bonds is 8. The van der Waals surface area contributed by atoms with Crippen molar-refractivity contribution in [3.8, 4) is 0 Å².